The van der Waals surface area contributed by atoms with Crippen molar-refractivity contribution in [2.45, 2.75) is 50.9 Å². The molecule has 7 nitrogen and oxygen atoms in total. The van der Waals surface area contributed by atoms with Gasteiger partial charge in [0.2, 0.25) is 5.91 Å². The number of alkyl halides is 3. The summed E-state index contributed by atoms with van der Waals surface area (Å²) in [6, 6.07) is 6.86. The van der Waals surface area contributed by atoms with Gasteiger partial charge in [-0.1, -0.05) is 13.0 Å². The smallest absolute Gasteiger partial charge is 0.393 e. The summed E-state index contributed by atoms with van der Waals surface area (Å²) < 4.78 is 38.1. The van der Waals surface area contributed by atoms with Gasteiger partial charge in [-0.15, -0.1) is 0 Å². The Balaban J connectivity index is 1.45. The number of fused-ring (bicyclic) bond motifs is 1. The number of piperidine rings is 1. The zero-order chi connectivity index (χ0) is 25.2. The van der Waals surface area contributed by atoms with E-state index in [9.17, 15) is 22.8 Å². The highest BCUT2D eigenvalue weighted by atomic mass is 19.4. The molecular formula is C25H29F3N4O3. The molecule has 2 aromatic rings. The van der Waals surface area contributed by atoms with Crippen LogP contribution in [0.5, 0.6) is 0 Å². The van der Waals surface area contributed by atoms with Crippen LogP contribution in [0.15, 0.2) is 36.7 Å². The molecule has 0 bridgehead atoms. The Labute approximate surface area is 201 Å². The third-order valence-corrected chi connectivity index (χ3v) is 6.66. The monoisotopic (exact) mass is 490 g/mol. The number of hydrogen-bond acceptors (Lipinski definition) is 5. The Morgan fingerprint density at radius 3 is 2.77 bits per heavy atom. The topological polar surface area (TPSA) is 85.8 Å². The number of carbonyl (C=O) groups is 2. The van der Waals surface area contributed by atoms with Crippen LogP contribution in [0.25, 0.3) is 0 Å². The number of likely N-dealkylation sites (tertiary alicyclic amines) is 1. The number of pyridine rings is 1. The maximum Gasteiger partial charge on any atom is 0.393 e. The highest BCUT2D eigenvalue weighted by Crippen LogP contribution is 2.32. The summed E-state index contributed by atoms with van der Waals surface area (Å²) in [5.41, 5.74) is 2.75. The summed E-state index contributed by atoms with van der Waals surface area (Å²) in [7, 11) is 0. The summed E-state index contributed by atoms with van der Waals surface area (Å²) in [5.74, 6) is -0.149. The lowest BCUT2D eigenvalue weighted by Gasteiger charge is -2.42. The highest BCUT2D eigenvalue weighted by molar-refractivity contribution is 6.04. The lowest BCUT2D eigenvalue weighted by molar-refractivity contribution is -0.136. The average Bonchev–Trinajstić information content (AvgIpc) is 2.79. The highest BCUT2D eigenvalue weighted by Gasteiger charge is 2.33. The summed E-state index contributed by atoms with van der Waals surface area (Å²) >= 11 is 0. The maximum atomic E-state index is 12.9. The zero-order valence-corrected chi connectivity index (χ0v) is 19.5. The van der Waals surface area contributed by atoms with Crippen LogP contribution in [0.1, 0.15) is 52.7 Å². The lowest BCUT2D eigenvalue weighted by Crippen LogP contribution is -2.50. The van der Waals surface area contributed by atoms with E-state index < -0.39 is 18.5 Å². The summed E-state index contributed by atoms with van der Waals surface area (Å²) in [6.07, 6.45) is -1.78. The molecule has 35 heavy (non-hydrogen) atoms. The first-order chi connectivity index (χ1) is 16.6. The number of anilines is 1. The Hall–Kier alpha value is -2.98. The van der Waals surface area contributed by atoms with Crippen molar-refractivity contribution < 1.29 is 27.9 Å². The number of rotatable bonds is 6. The van der Waals surface area contributed by atoms with E-state index in [-0.39, 0.29) is 35.7 Å². The lowest BCUT2D eigenvalue weighted by atomic mass is 9.87. The largest absolute Gasteiger partial charge is 0.395 e. The molecule has 0 radical (unpaired) electrons. The van der Waals surface area contributed by atoms with Gasteiger partial charge in [0.05, 0.1) is 24.9 Å². The Morgan fingerprint density at radius 2 is 2.06 bits per heavy atom. The molecule has 1 fully saturated rings. The van der Waals surface area contributed by atoms with Crippen LogP contribution < -0.4 is 5.32 Å². The van der Waals surface area contributed by atoms with Crippen molar-refractivity contribution >= 4 is 17.5 Å². The molecule has 0 saturated carbocycles. The molecule has 4 rings (SSSR count). The van der Waals surface area contributed by atoms with Gasteiger partial charge in [-0.2, -0.15) is 13.2 Å². The fourth-order valence-electron chi connectivity index (χ4n) is 4.99. The van der Waals surface area contributed by atoms with Crippen LogP contribution in [0.4, 0.5) is 18.9 Å². The van der Waals surface area contributed by atoms with Gasteiger partial charge in [0.15, 0.2) is 0 Å². The summed E-state index contributed by atoms with van der Waals surface area (Å²) in [4.78, 5) is 33.1. The van der Waals surface area contributed by atoms with E-state index in [1.807, 2.05) is 12.1 Å². The first-order valence-electron chi connectivity index (χ1n) is 11.7. The van der Waals surface area contributed by atoms with Crippen molar-refractivity contribution in [3.63, 3.8) is 0 Å². The summed E-state index contributed by atoms with van der Waals surface area (Å²) in [5, 5.41) is 11.8. The Morgan fingerprint density at radius 1 is 1.26 bits per heavy atom. The van der Waals surface area contributed by atoms with Gasteiger partial charge in [-0.25, -0.2) is 0 Å². The van der Waals surface area contributed by atoms with E-state index in [0.717, 1.165) is 30.3 Å². The third kappa shape index (κ3) is 6.18. The molecule has 0 aliphatic carbocycles. The second-order valence-corrected chi connectivity index (χ2v) is 9.32. The predicted molar refractivity (Wildman–Crippen MR) is 124 cm³/mol. The number of aliphatic hydroxyl groups excluding tert-OH is 1. The molecule has 188 valence electrons. The first kappa shape index (κ1) is 25.1. The number of amides is 2. The normalized spacial score (nSPS) is 21.1. The van der Waals surface area contributed by atoms with Crippen molar-refractivity contribution in [1.29, 1.82) is 0 Å². The molecule has 0 spiro atoms. The molecule has 2 aliphatic heterocycles. The minimum absolute atomic E-state index is 0.0233. The Bertz CT molecular complexity index is 1090. The van der Waals surface area contributed by atoms with E-state index in [4.69, 9.17) is 5.11 Å². The number of β-amino-alcohol motifs (C(OH)–C–C–N with tert-alkyl or cyclic N) is 1. The first-order valence-corrected chi connectivity index (χ1v) is 11.7. The van der Waals surface area contributed by atoms with Crippen LogP contribution in [-0.2, 0) is 17.8 Å². The molecule has 3 heterocycles. The van der Waals surface area contributed by atoms with Crippen molar-refractivity contribution in [2.75, 3.05) is 31.6 Å². The number of nitrogens with zero attached hydrogens (tertiary/aromatic N) is 3. The minimum atomic E-state index is -4.36. The van der Waals surface area contributed by atoms with Gasteiger partial charge >= 0.3 is 6.18 Å². The third-order valence-electron chi connectivity index (χ3n) is 6.66. The van der Waals surface area contributed by atoms with E-state index in [2.05, 4.69) is 22.1 Å². The SMILES string of the molecule is C[C@H]1CN([C@@H]2CCN(CCO)C(=O)C2)Cc2cc(C(=O)Nc3cncc(CC(F)(F)F)c3)ccc21. The fraction of sp³-hybridized carbons (Fsp3) is 0.480. The van der Waals surface area contributed by atoms with Gasteiger partial charge in [0.25, 0.3) is 5.91 Å². The van der Waals surface area contributed by atoms with Gasteiger partial charge < -0.3 is 15.3 Å². The Kier molecular flexibility index (Phi) is 7.42. The number of hydrogen-bond donors (Lipinski definition) is 2. The number of halogens is 3. The quantitative estimate of drug-likeness (QED) is 0.649. The molecule has 1 saturated heterocycles. The number of nitrogens with one attached hydrogen (secondary N) is 1. The molecule has 10 heteroatoms. The van der Waals surface area contributed by atoms with Crippen LogP contribution >= 0.6 is 0 Å². The van der Waals surface area contributed by atoms with Gasteiger partial charge in [0.1, 0.15) is 0 Å². The number of benzene rings is 1. The molecule has 1 aromatic carbocycles. The van der Waals surface area contributed by atoms with Crippen molar-refractivity contribution in [1.82, 2.24) is 14.8 Å². The molecular weight excluding hydrogens is 461 g/mol. The van der Waals surface area contributed by atoms with E-state index in [1.165, 1.54) is 12.3 Å². The van der Waals surface area contributed by atoms with Crippen LogP contribution in [0, 0.1) is 0 Å². The van der Waals surface area contributed by atoms with E-state index in [1.54, 1.807) is 11.0 Å². The van der Waals surface area contributed by atoms with Crippen LogP contribution in [0.3, 0.4) is 0 Å². The molecule has 2 atom stereocenters. The maximum absolute atomic E-state index is 12.9. The minimum Gasteiger partial charge on any atom is -0.395 e. The summed E-state index contributed by atoms with van der Waals surface area (Å²) in [6.45, 7) is 4.47. The van der Waals surface area contributed by atoms with Crippen molar-refractivity contribution in [3.8, 4) is 0 Å². The van der Waals surface area contributed by atoms with Gasteiger partial charge in [-0.3, -0.25) is 19.5 Å². The molecule has 2 aliphatic rings. The fourth-order valence-corrected chi connectivity index (χ4v) is 4.99. The van der Waals surface area contributed by atoms with Crippen LogP contribution in [-0.4, -0.2) is 70.2 Å². The number of aliphatic hydroxyl groups is 1. The predicted octanol–water partition coefficient (Wildman–Crippen LogP) is 3.34. The van der Waals surface area contributed by atoms with Crippen LogP contribution in [0.2, 0.25) is 0 Å². The van der Waals surface area contributed by atoms with Crippen molar-refractivity contribution in [3.05, 3.63) is 58.9 Å². The van der Waals surface area contributed by atoms with E-state index in [0.29, 0.717) is 31.6 Å². The van der Waals surface area contributed by atoms with Crippen molar-refractivity contribution in [2.24, 2.45) is 0 Å². The van der Waals surface area contributed by atoms with Gasteiger partial charge in [0, 0.05) is 50.4 Å². The number of carbonyl (C=O) groups excluding carboxylic acids is 2. The average molecular weight is 491 g/mol. The second-order valence-electron chi connectivity index (χ2n) is 9.32. The molecule has 2 N–H and O–H groups in total. The molecule has 2 amide bonds. The number of aromatic nitrogens is 1. The molecule has 0 unspecified atom stereocenters. The standard InChI is InChI=1S/C25H29F3N4O3/c1-16-14-32(21-4-5-31(6-7-33)23(34)10-21)15-19-9-18(2-3-22(16)19)24(35)30-20-8-17(12-29-13-20)11-25(26,27)28/h2-3,8-9,12-13,16,21,33H,4-7,10-11,14-15H2,1H3,(H,30,35)/t16-,21+/m0/s1. The zero-order valence-electron chi connectivity index (χ0n) is 19.5. The van der Waals surface area contributed by atoms with E-state index >= 15 is 0 Å². The second kappa shape index (κ2) is 10.3. The van der Waals surface area contributed by atoms with Gasteiger partial charge in [-0.05, 0) is 47.2 Å². The molecule has 1 aromatic heterocycles.